The fourth-order valence-electron chi connectivity index (χ4n) is 4.27. The molecule has 0 aliphatic carbocycles. The largest absolute Gasteiger partial charge is 0.444 e. The molecule has 11 heteroatoms. The molecule has 198 valence electrons. The van der Waals surface area contributed by atoms with Gasteiger partial charge in [-0.1, -0.05) is 48.2 Å². The van der Waals surface area contributed by atoms with E-state index in [2.05, 4.69) is 10.3 Å². The number of aliphatic imine (C=N–C) groups is 1. The number of carbonyl (C=O) groups excluding carboxylic acids is 2. The summed E-state index contributed by atoms with van der Waals surface area (Å²) >= 11 is 1.19. The lowest BCUT2D eigenvalue weighted by Gasteiger charge is -2.25. The van der Waals surface area contributed by atoms with Crippen LogP contribution in [0.4, 0.5) is 14.9 Å². The molecule has 4 rings (SSSR count). The maximum absolute atomic E-state index is 14.4. The molecule has 8 nitrogen and oxygen atoms in total. The first-order chi connectivity index (χ1) is 17.3. The third-order valence-corrected chi connectivity index (χ3v) is 9.19. The smallest absolute Gasteiger partial charge is 0.408 e. The third-order valence-electron chi connectivity index (χ3n) is 5.98. The van der Waals surface area contributed by atoms with Gasteiger partial charge in [0.1, 0.15) is 17.5 Å². The highest BCUT2D eigenvalue weighted by molar-refractivity contribution is 8.16. The van der Waals surface area contributed by atoms with Crippen LogP contribution in [0.1, 0.15) is 31.9 Å². The average Bonchev–Trinajstić information content (AvgIpc) is 3.25. The van der Waals surface area contributed by atoms with Crippen LogP contribution in [0.15, 0.2) is 53.5 Å². The molecule has 2 saturated heterocycles. The second-order valence-corrected chi connectivity index (χ2v) is 13.6. The fourth-order valence-corrected chi connectivity index (χ4v) is 8.19. The fraction of sp³-hybridized carbons (Fsp3) is 0.423. The number of amidine groups is 1. The molecule has 2 amide bonds. The molecule has 0 radical (unpaired) electrons. The van der Waals surface area contributed by atoms with Crippen molar-refractivity contribution in [3.8, 4) is 0 Å². The predicted octanol–water partition coefficient (Wildman–Crippen LogP) is 3.87. The van der Waals surface area contributed by atoms with Crippen molar-refractivity contribution >= 4 is 44.5 Å². The van der Waals surface area contributed by atoms with Crippen LogP contribution in [0.5, 0.6) is 0 Å². The van der Waals surface area contributed by atoms with Crippen molar-refractivity contribution in [3.63, 3.8) is 0 Å². The lowest BCUT2D eigenvalue weighted by molar-refractivity contribution is -0.119. The number of ether oxygens (including phenoxy) is 1. The van der Waals surface area contributed by atoms with Crippen molar-refractivity contribution in [1.29, 1.82) is 0 Å². The minimum absolute atomic E-state index is 0.0516. The van der Waals surface area contributed by atoms with E-state index in [0.29, 0.717) is 11.3 Å². The summed E-state index contributed by atoms with van der Waals surface area (Å²) in [7, 11) is -3.28. The van der Waals surface area contributed by atoms with Crippen molar-refractivity contribution in [2.45, 2.75) is 57.1 Å². The van der Waals surface area contributed by atoms with Crippen LogP contribution in [0.2, 0.25) is 0 Å². The zero-order chi connectivity index (χ0) is 27.0. The molecular weight excluding hydrogens is 517 g/mol. The monoisotopic (exact) mass is 547 g/mol. The van der Waals surface area contributed by atoms with Gasteiger partial charge in [-0.05, 0) is 51.0 Å². The first-order valence-corrected chi connectivity index (χ1v) is 14.6. The Bertz CT molecular complexity index is 1330. The Morgan fingerprint density at radius 2 is 1.89 bits per heavy atom. The van der Waals surface area contributed by atoms with E-state index in [-0.39, 0.29) is 28.3 Å². The highest BCUT2D eigenvalue weighted by atomic mass is 32.2. The minimum atomic E-state index is -3.28. The van der Waals surface area contributed by atoms with Gasteiger partial charge < -0.3 is 15.0 Å². The van der Waals surface area contributed by atoms with Crippen LogP contribution in [-0.4, -0.2) is 60.0 Å². The molecule has 3 atom stereocenters. The lowest BCUT2D eigenvalue weighted by atomic mass is 10.1. The highest BCUT2D eigenvalue weighted by Crippen LogP contribution is 2.41. The summed E-state index contributed by atoms with van der Waals surface area (Å²) in [6, 6.07) is 12.3. The van der Waals surface area contributed by atoms with Gasteiger partial charge in [-0.2, -0.15) is 4.99 Å². The van der Waals surface area contributed by atoms with Gasteiger partial charge in [0.05, 0.1) is 17.5 Å². The molecule has 1 N–H and O–H groups in total. The van der Waals surface area contributed by atoms with Crippen LogP contribution in [0, 0.1) is 12.7 Å². The summed E-state index contributed by atoms with van der Waals surface area (Å²) in [5.41, 5.74) is 0.931. The van der Waals surface area contributed by atoms with Crippen LogP contribution in [0.25, 0.3) is 0 Å². The second kappa shape index (κ2) is 10.4. The maximum Gasteiger partial charge on any atom is 0.408 e. The molecule has 0 aromatic heterocycles. The SMILES string of the molecule is Cc1ccc(N2C(=NC(=O)[C@H](Cc3ccccc3)NC(=O)OC(C)(C)C)S[C@@H]3CS(=O)(=O)C[C@H]32)cc1F. The van der Waals surface area contributed by atoms with E-state index in [0.717, 1.165) is 5.56 Å². The molecule has 2 heterocycles. The molecule has 2 fully saturated rings. The van der Waals surface area contributed by atoms with Gasteiger partial charge in [0.2, 0.25) is 0 Å². The molecule has 0 bridgehead atoms. The first kappa shape index (κ1) is 27.1. The van der Waals surface area contributed by atoms with E-state index in [1.807, 2.05) is 30.3 Å². The van der Waals surface area contributed by atoms with Gasteiger partial charge in [0, 0.05) is 17.4 Å². The Kier molecular flexibility index (Phi) is 7.66. The van der Waals surface area contributed by atoms with Crippen LogP contribution < -0.4 is 10.2 Å². The molecule has 2 aromatic carbocycles. The summed E-state index contributed by atoms with van der Waals surface area (Å²) in [6.07, 6.45) is -0.567. The number of alkyl carbamates (subject to hydrolysis) is 1. The van der Waals surface area contributed by atoms with E-state index in [1.54, 1.807) is 44.7 Å². The summed E-state index contributed by atoms with van der Waals surface area (Å²) in [5.74, 6) is -1.22. The predicted molar refractivity (Wildman–Crippen MR) is 143 cm³/mol. The molecule has 0 spiro atoms. The maximum atomic E-state index is 14.4. The highest BCUT2D eigenvalue weighted by Gasteiger charge is 2.49. The van der Waals surface area contributed by atoms with Crippen molar-refractivity contribution in [3.05, 3.63) is 65.5 Å². The lowest BCUT2D eigenvalue weighted by Crippen LogP contribution is -2.45. The number of sulfone groups is 1. The Morgan fingerprint density at radius 1 is 1.19 bits per heavy atom. The number of nitrogens with zero attached hydrogens (tertiary/aromatic N) is 2. The Labute approximate surface area is 220 Å². The van der Waals surface area contributed by atoms with Gasteiger partial charge in [0.25, 0.3) is 5.91 Å². The van der Waals surface area contributed by atoms with E-state index < -0.39 is 45.3 Å². The van der Waals surface area contributed by atoms with Crippen molar-refractivity contribution < 1.29 is 27.1 Å². The quantitative estimate of drug-likeness (QED) is 0.606. The molecular formula is C26H30FN3O5S2. The van der Waals surface area contributed by atoms with Crippen molar-refractivity contribution in [2.75, 3.05) is 16.4 Å². The van der Waals surface area contributed by atoms with Crippen molar-refractivity contribution in [2.24, 2.45) is 4.99 Å². The first-order valence-electron chi connectivity index (χ1n) is 11.9. The normalized spacial score (nSPS) is 22.5. The van der Waals surface area contributed by atoms with E-state index in [4.69, 9.17) is 4.74 Å². The number of thioether (sulfide) groups is 1. The van der Waals surface area contributed by atoms with Gasteiger partial charge >= 0.3 is 6.09 Å². The topological polar surface area (TPSA) is 105 Å². The third kappa shape index (κ3) is 6.70. The van der Waals surface area contributed by atoms with Crippen LogP contribution >= 0.6 is 11.8 Å². The van der Waals surface area contributed by atoms with E-state index in [1.165, 1.54) is 17.8 Å². The number of hydrogen-bond donors (Lipinski definition) is 1. The number of halogens is 1. The zero-order valence-corrected chi connectivity index (χ0v) is 22.7. The molecule has 0 unspecified atom stereocenters. The number of benzene rings is 2. The number of anilines is 1. The molecule has 2 aromatic rings. The summed E-state index contributed by atoms with van der Waals surface area (Å²) in [5, 5.41) is 2.57. The molecule has 0 saturated carbocycles. The number of hydrogen-bond acceptors (Lipinski definition) is 6. The summed E-state index contributed by atoms with van der Waals surface area (Å²) in [4.78, 5) is 32.0. The van der Waals surface area contributed by atoms with Gasteiger partial charge in [-0.25, -0.2) is 17.6 Å². The zero-order valence-electron chi connectivity index (χ0n) is 21.1. The number of aryl methyl sites for hydroxylation is 1. The minimum Gasteiger partial charge on any atom is -0.444 e. The standard InChI is InChI=1S/C26H30FN3O5S2/c1-16-10-11-18(13-19(16)27)30-21-14-37(33,34)15-22(21)36-24(30)29-23(31)20(12-17-8-6-5-7-9-17)28-25(32)35-26(2,3)4/h5-11,13,20-22H,12,14-15H2,1-4H3,(H,28,32)/t20-,21+,22+/m0/s1. The Hall–Kier alpha value is -2.92. The number of nitrogens with one attached hydrogen (secondary N) is 1. The molecule has 2 aliphatic heterocycles. The van der Waals surface area contributed by atoms with Crippen LogP contribution in [0.3, 0.4) is 0 Å². The number of rotatable bonds is 5. The van der Waals surface area contributed by atoms with Crippen molar-refractivity contribution in [1.82, 2.24) is 5.32 Å². The number of fused-ring (bicyclic) bond motifs is 1. The molecule has 2 aliphatic rings. The van der Waals surface area contributed by atoms with Crippen LogP contribution in [-0.2, 0) is 25.8 Å². The number of carbonyl (C=O) groups is 2. The molecule has 37 heavy (non-hydrogen) atoms. The summed E-state index contributed by atoms with van der Waals surface area (Å²) in [6.45, 7) is 6.81. The Balaban J connectivity index is 1.66. The van der Waals surface area contributed by atoms with Gasteiger partial charge in [-0.3, -0.25) is 4.79 Å². The van der Waals surface area contributed by atoms with Gasteiger partial charge in [-0.15, -0.1) is 0 Å². The Morgan fingerprint density at radius 3 is 2.54 bits per heavy atom. The van der Waals surface area contributed by atoms with E-state index in [9.17, 15) is 22.4 Å². The summed E-state index contributed by atoms with van der Waals surface area (Å²) < 4.78 is 44.5. The average molecular weight is 548 g/mol. The number of amides is 2. The van der Waals surface area contributed by atoms with E-state index >= 15 is 0 Å². The second-order valence-electron chi connectivity index (χ2n) is 10.2. The van der Waals surface area contributed by atoms with Gasteiger partial charge in [0.15, 0.2) is 15.0 Å².